The second-order valence-corrected chi connectivity index (χ2v) is 8.45. The van der Waals surface area contributed by atoms with E-state index in [9.17, 15) is 9.59 Å². The number of carbonyl (C=O) groups excluding carboxylic acids is 2. The number of aliphatic hydroxyl groups is 1. The van der Waals surface area contributed by atoms with Gasteiger partial charge in [-0.3, -0.25) is 9.59 Å². The second-order valence-electron chi connectivity index (χ2n) is 6.45. The topological polar surface area (TPSA) is 63.6 Å². The minimum atomic E-state index is -1.93. The summed E-state index contributed by atoms with van der Waals surface area (Å²) in [5, 5.41) is 8.25. The van der Waals surface area contributed by atoms with Gasteiger partial charge in [-0.15, -0.1) is 23.2 Å². The number of fused-ring (bicyclic) bond motifs is 1. The minimum Gasteiger partial charge on any atom is -0.491 e. The molecule has 3 rings (SSSR count). The highest BCUT2D eigenvalue weighted by atomic mass is 35.5. The highest BCUT2D eigenvalue weighted by molar-refractivity contribution is 6.66. The van der Waals surface area contributed by atoms with Crippen LogP contribution in [0, 0.1) is 0 Å². The number of aliphatic hydroxyl groups excluding tert-OH is 1. The summed E-state index contributed by atoms with van der Waals surface area (Å²) in [6.07, 6.45) is 3.25. The van der Waals surface area contributed by atoms with E-state index in [2.05, 4.69) is 6.58 Å². The third-order valence-electron chi connectivity index (χ3n) is 5.02. The van der Waals surface area contributed by atoms with Gasteiger partial charge >= 0.3 is 0 Å². The summed E-state index contributed by atoms with van der Waals surface area (Å²) in [6, 6.07) is 6.87. The number of ether oxygens (including phenoxy) is 1. The number of ketones is 2. The molecule has 0 radical (unpaired) electrons. The summed E-state index contributed by atoms with van der Waals surface area (Å²) >= 11 is 25.7. The van der Waals surface area contributed by atoms with Gasteiger partial charge in [0.1, 0.15) is 32.2 Å². The van der Waals surface area contributed by atoms with Crippen LogP contribution in [0.5, 0.6) is 5.75 Å². The van der Waals surface area contributed by atoms with Crippen molar-refractivity contribution in [2.75, 3.05) is 13.2 Å². The number of alkyl halides is 2. The first-order chi connectivity index (χ1) is 13.2. The molecule has 2 aliphatic rings. The molecule has 0 bridgehead atoms. The Labute approximate surface area is 182 Å². The zero-order chi connectivity index (χ0) is 20.7. The van der Waals surface area contributed by atoms with Crippen LogP contribution < -0.4 is 4.74 Å². The highest BCUT2D eigenvalue weighted by Gasteiger charge is 2.68. The molecular formula is C20H16Cl4O4. The van der Waals surface area contributed by atoms with Crippen LogP contribution in [-0.2, 0) is 9.59 Å². The fraction of sp³-hybridized carbons (Fsp3) is 0.300. The van der Waals surface area contributed by atoms with Crippen LogP contribution >= 0.6 is 46.4 Å². The Kier molecular flexibility index (Phi) is 6.00. The maximum atomic E-state index is 13.2. The SMILES string of the molecule is C=CC1=CC[C@@]2(Cl)C(=O)C(Cl)=C(Cl)C(=O)[C@@]2(Cl)[C@H]1c1ccccc1OCCO. The van der Waals surface area contributed by atoms with Crippen molar-refractivity contribution >= 4 is 58.0 Å². The lowest BCUT2D eigenvalue weighted by atomic mass is 9.62. The van der Waals surface area contributed by atoms with E-state index in [1.54, 1.807) is 36.4 Å². The zero-order valence-electron chi connectivity index (χ0n) is 14.6. The molecule has 148 valence electrons. The third-order valence-corrected chi connectivity index (χ3v) is 7.27. The number of hydrogen-bond acceptors (Lipinski definition) is 4. The summed E-state index contributed by atoms with van der Waals surface area (Å²) in [5.41, 5.74) is 1.13. The van der Waals surface area contributed by atoms with Crippen molar-refractivity contribution in [2.45, 2.75) is 22.1 Å². The van der Waals surface area contributed by atoms with E-state index in [1.807, 2.05) is 0 Å². The van der Waals surface area contributed by atoms with Gasteiger partial charge in [-0.05, 0) is 18.1 Å². The van der Waals surface area contributed by atoms with Gasteiger partial charge in [0.2, 0.25) is 0 Å². The predicted octanol–water partition coefficient (Wildman–Crippen LogP) is 4.45. The van der Waals surface area contributed by atoms with Gasteiger partial charge in [0.05, 0.1) is 6.61 Å². The fourth-order valence-corrected chi connectivity index (χ4v) is 5.13. The first kappa shape index (κ1) is 21.4. The maximum Gasteiger partial charge on any atom is 0.199 e. The standard InChI is InChI=1S/C20H16Cl4O4/c1-2-11-7-8-19(23)17(26)15(21)16(22)18(27)20(19,24)14(11)12-5-3-4-6-13(12)28-10-9-25/h2-7,14,25H,1,8-10H2/t14-,19-,20+/m1/s1. The van der Waals surface area contributed by atoms with Gasteiger partial charge in [0, 0.05) is 11.5 Å². The predicted molar refractivity (Wildman–Crippen MR) is 111 cm³/mol. The average molecular weight is 462 g/mol. The summed E-state index contributed by atoms with van der Waals surface area (Å²) in [7, 11) is 0. The third kappa shape index (κ3) is 2.94. The molecule has 28 heavy (non-hydrogen) atoms. The van der Waals surface area contributed by atoms with E-state index in [0.717, 1.165) is 0 Å². The van der Waals surface area contributed by atoms with Crippen LogP contribution in [0.4, 0.5) is 0 Å². The van der Waals surface area contributed by atoms with E-state index < -0.39 is 37.3 Å². The highest BCUT2D eigenvalue weighted by Crippen LogP contribution is 2.60. The van der Waals surface area contributed by atoms with E-state index >= 15 is 0 Å². The minimum absolute atomic E-state index is 0.0134. The fourth-order valence-electron chi connectivity index (χ4n) is 3.69. The van der Waals surface area contributed by atoms with Crippen LogP contribution in [0.1, 0.15) is 17.9 Å². The summed E-state index contributed by atoms with van der Waals surface area (Å²) < 4.78 is 5.62. The summed E-state index contributed by atoms with van der Waals surface area (Å²) in [5.74, 6) is -1.91. The molecule has 8 heteroatoms. The molecule has 0 unspecified atom stereocenters. The van der Waals surface area contributed by atoms with Crippen LogP contribution in [0.3, 0.4) is 0 Å². The molecule has 0 amide bonds. The van der Waals surface area contributed by atoms with Crippen molar-refractivity contribution < 1.29 is 19.4 Å². The van der Waals surface area contributed by atoms with E-state index in [0.29, 0.717) is 16.9 Å². The summed E-state index contributed by atoms with van der Waals surface area (Å²) in [4.78, 5) is 22.4. The molecule has 4 nitrogen and oxygen atoms in total. The Hall–Kier alpha value is -1.30. The Morgan fingerprint density at radius 1 is 1.18 bits per heavy atom. The lowest BCUT2D eigenvalue weighted by Crippen LogP contribution is -2.64. The number of hydrogen-bond donors (Lipinski definition) is 1. The van der Waals surface area contributed by atoms with E-state index in [4.69, 9.17) is 56.2 Å². The van der Waals surface area contributed by atoms with Crippen LogP contribution in [0.25, 0.3) is 0 Å². The molecule has 1 N–H and O–H groups in total. The monoisotopic (exact) mass is 460 g/mol. The molecule has 0 saturated heterocycles. The number of carbonyl (C=O) groups is 2. The Morgan fingerprint density at radius 3 is 2.46 bits per heavy atom. The Morgan fingerprint density at radius 2 is 1.82 bits per heavy atom. The molecule has 3 atom stereocenters. The first-order valence-electron chi connectivity index (χ1n) is 8.41. The lowest BCUT2D eigenvalue weighted by molar-refractivity contribution is -0.127. The first-order valence-corrected chi connectivity index (χ1v) is 9.93. The molecule has 0 fully saturated rings. The van der Waals surface area contributed by atoms with E-state index in [1.165, 1.54) is 0 Å². The Balaban J connectivity index is 2.29. The van der Waals surface area contributed by atoms with Gasteiger partial charge in [-0.25, -0.2) is 0 Å². The maximum absolute atomic E-state index is 13.2. The van der Waals surface area contributed by atoms with Crippen molar-refractivity contribution in [3.05, 3.63) is 64.2 Å². The molecule has 1 aromatic rings. The van der Waals surface area contributed by atoms with E-state index in [-0.39, 0.29) is 19.6 Å². The Bertz CT molecular complexity index is 923. The molecule has 0 aliphatic heterocycles. The molecule has 0 spiro atoms. The number of Topliss-reactive ketones (excluding diaryl/α,β-unsaturated/α-hetero) is 2. The van der Waals surface area contributed by atoms with Crippen molar-refractivity contribution in [2.24, 2.45) is 0 Å². The molecule has 0 saturated carbocycles. The number of para-hydroxylation sites is 1. The van der Waals surface area contributed by atoms with Crippen molar-refractivity contribution in [3.8, 4) is 5.75 Å². The number of allylic oxidation sites excluding steroid dienone is 5. The molecule has 2 aliphatic carbocycles. The van der Waals surface area contributed by atoms with Gasteiger partial charge in [0.15, 0.2) is 11.6 Å². The van der Waals surface area contributed by atoms with Crippen LogP contribution in [0.15, 0.2) is 58.6 Å². The molecule has 1 aromatic carbocycles. The smallest absolute Gasteiger partial charge is 0.199 e. The number of halogens is 4. The van der Waals surface area contributed by atoms with Crippen molar-refractivity contribution in [1.82, 2.24) is 0 Å². The largest absolute Gasteiger partial charge is 0.491 e. The average Bonchev–Trinajstić information content (AvgIpc) is 2.71. The molecular weight excluding hydrogens is 446 g/mol. The van der Waals surface area contributed by atoms with Gasteiger partial charge in [-0.1, -0.05) is 60.1 Å². The lowest BCUT2D eigenvalue weighted by Gasteiger charge is -2.50. The van der Waals surface area contributed by atoms with Crippen LogP contribution in [0.2, 0.25) is 0 Å². The number of rotatable bonds is 5. The zero-order valence-corrected chi connectivity index (χ0v) is 17.6. The van der Waals surface area contributed by atoms with Crippen molar-refractivity contribution in [3.63, 3.8) is 0 Å². The summed E-state index contributed by atoms with van der Waals surface area (Å²) in [6.45, 7) is 3.64. The van der Waals surface area contributed by atoms with Gasteiger partial charge < -0.3 is 9.84 Å². The molecule has 0 heterocycles. The number of benzene rings is 1. The molecule has 0 aromatic heterocycles. The normalized spacial score (nSPS) is 30.0. The van der Waals surface area contributed by atoms with Gasteiger partial charge in [0.25, 0.3) is 0 Å². The van der Waals surface area contributed by atoms with Gasteiger partial charge in [-0.2, -0.15) is 0 Å². The quantitative estimate of drug-likeness (QED) is 0.657. The second kappa shape index (κ2) is 7.85. The van der Waals surface area contributed by atoms with Crippen LogP contribution in [-0.4, -0.2) is 39.6 Å². The van der Waals surface area contributed by atoms with Crippen molar-refractivity contribution in [1.29, 1.82) is 0 Å².